The van der Waals surface area contributed by atoms with Crippen molar-refractivity contribution >= 4 is 20.8 Å². The van der Waals surface area contributed by atoms with Gasteiger partial charge in [0.05, 0.1) is 11.5 Å². The molecule has 3 rings (SSSR count). The summed E-state index contributed by atoms with van der Waals surface area (Å²) in [5, 5.41) is 2.23. The lowest BCUT2D eigenvalue weighted by atomic mass is 10.0. The van der Waals surface area contributed by atoms with Gasteiger partial charge in [-0.2, -0.15) is 0 Å². The van der Waals surface area contributed by atoms with Crippen molar-refractivity contribution in [3.63, 3.8) is 0 Å². The summed E-state index contributed by atoms with van der Waals surface area (Å²) in [7, 11) is -3.61. The van der Waals surface area contributed by atoms with Gasteiger partial charge in [0.2, 0.25) is 10.0 Å². The average Bonchev–Trinajstić information content (AvgIpc) is 2.68. The Kier molecular flexibility index (Phi) is 6.14. The molecule has 142 valence electrons. The quantitative estimate of drug-likeness (QED) is 0.553. The van der Waals surface area contributed by atoms with Crippen molar-refractivity contribution < 1.29 is 13.2 Å². The van der Waals surface area contributed by atoms with Crippen molar-refractivity contribution in [1.29, 1.82) is 0 Å². The predicted octanol–water partition coefficient (Wildman–Crippen LogP) is 5.06. The van der Waals surface area contributed by atoms with Crippen LogP contribution in [0.2, 0.25) is 0 Å². The van der Waals surface area contributed by atoms with Crippen LogP contribution in [0.25, 0.3) is 10.8 Å². The number of fused-ring (bicyclic) bond motifs is 1. The number of sulfonamides is 1. The summed E-state index contributed by atoms with van der Waals surface area (Å²) in [6.07, 6.45) is 2.04. The second-order valence-corrected chi connectivity index (χ2v) is 8.34. The third kappa shape index (κ3) is 4.87. The van der Waals surface area contributed by atoms with Gasteiger partial charge >= 0.3 is 0 Å². The van der Waals surface area contributed by atoms with Crippen LogP contribution in [0.15, 0.2) is 71.6 Å². The van der Waals surface area contributed by atoms with Crippen LogP contribution in [0.5, 0.6) is 5.75 Å². The highest BCUT2D eigenvalue weighted by molar-refractivity contribution is 7.89. The van der Waals surface area contributed by atoms with Gasteiger partial charge in [-0.15, -0.1) is 0 Å². The van der Waals surface area contributed by atoms with Gasteiger partial charge in [0.25, 0.3) is 0 Å². The topological polar surface area (TPSA) is 55.4 Å². The zero-order valence-corrected chi connectivity index (χ0v) is 16.5. The molecule has 0 saturated carbocycles. The Bertz CT molecular complexity index is 998. The smallest absolute Gasteiger partial charge is 0.241 e. The molecule has 3 aromatic carbocycles. The monoisotopic (exact) mass is 383 g/mol. The first-order chi connectivity index (χ1) is 13.0. The molecule has 5 heteroatoms. The van der Waals surface area contributed by atoms with E-state index < -0.39 is 10.0 Å². The molecule has 1 unspecified atom stereocenters. The lowest BCUT2D eigenvalue weighted by molar-refractivity contribution is 0.309. The summed E-state index contributed by atoms with van der Waals surface area (Å²) in [5.41, 5.74) is 0.928. The Morgan fingerprint density at radius 1 is 0.963 bits per heavy atom. The second kappa shape index (κ2) is 8.55. The van der Waals surface area contributed by atoms with E-state index >= 15 is 0 Å². The molecule has 0 aliphatic heterocycles. The van der Waals surface area contributed by atoms with E-state index in [4.69, 9.17) is 4.74 Å². The molecular weight excluding hydrogens is 358 g/mol. The van der Waals surface area contributed by atoms with Crippen LogP contribution in [0.4, 0.5) is 0 Å². The van der Waals surface area contributed by atoms with Gasteiger partial charge in [-0.05, 0) is 60.0 Å². The van der Waals surface area contributed by atoms with Gasteiger partial charge in [0.15, 0.2) is 0 Å². The van der Waals surface area contributed by atoms with Gasteiger partial charge in [0, 0.05) is 6.04 Å². The third-order valence-corrected chi connectivity index (χ3v) is 6.06. The molecule has 1 atom stereocenters. The standard InChI is InChI=1S/C22H25NO3S/c1-3-4-15-26-21-11-13-22(14-12-21)27(24,25)23-17(2)19-10-9-18-7-5-6-8-20(18)16-19/h5-14,16-17,23H,3-4,15H2,1-2H3. The number of rotatable bonds is 8. The fraction of sp³-hybridized carbons (Fsp3) is 0.273. The Labute approximate surface area is 161 Å². The first-order valence-corrected chi connectivity index (χ1v) is 10.7. The molecule has 1 N–H and O–H groups in total. The van der Waals surface area contributed by atoms with Crippen LogP contribution in [0.3, 0.4) is 0 Å². The Balaban J connectivity index is 1.72. The van der Waals surface area contributed by atoms with E-state index in [1.807, 2.05) is 49.4 Å². The first-order valence-electron chi connectivity index (χ1n) is 9.23. The molecule has 0 bridgehead atoms. The second-order valence-electron chi connectivity index (χ2n) is 6.62. The minimum Gasteiger partial charge on any atom is -0.494 e. The van der Waals surface area contributed by atoms with Gasteiger partial charge in [0.1, 0.15) is 5.75 Å². The summed E-state index contributed by atoms with van der Waals surface area (Å²) in [5.74, 6) is 0.685. The maximum Gasteiger partial charge on any atom is 0.241 e. The van der Waals surface area contributed by atoms with E-state index in [-0.39, 0.29) is 10.9 Å². The Hall–Kier alpha value is -2.37. The lowest BCUT2D eigenvalue weighted by Crippen LogP contribution is -2.26. The maximum absolute atomic E-state index is 12.7. The van der Waals surface area contributed by atoms with Crippen LogP contribution in [0, 0.1) is 0 Å². The highest BCUT2D eigenvalue weighted by Crippen LogP contribution is 2.23. The van der Waals surface area contributed by atoms with Gasteiger partial charge < -0.3 is 4.74 Å². The molecule has 0 aromatic heterocycles. The fourth-order valence-corrected chi connectivity index (χ4v) is 4.13. The Morgan fingerprint density at radius 3 is 2.37 bits per heavy atom. The molecular formula is C22H25NO3S. The van der Waals surface area contributed by atoms with Crippen molar-refractivity contribution in [2.75, 3.05) is 6.61 Å². The van der Waals surface area contributed by atoms with Crippen LogP contribution in [-0.4, -0.2) is 15.0 Å². The number of ether oxygens (including phenoxy) is 1. The highest BCUT2D eigenvalue weighted by Gasteiger charge is 2.18. The molecule has 0 fully saturated rings. The molecule has 0 aliphatic rings. The largest absolute Gasteiger partial charge is 0.494 e. The molecule has 0 amide bonds. The minimum absolute atomic E-state index is 0.234. The van der Waals surface area contributed by atoms with Crippen molar-refractivity contribution in [1.82, 2.24) is 4.72 Å². The molecule has 4 nitrogen and oxygen atoms in total. The fourth-order valence-electron chi connectivity index (χ4n) is 2.90. The van der Waals surface area contributed by atoms with E-state index in [0.717, 1.165) is 29.2 Å². The van der Waals surface area contributed by atoms with E-state index in [1.54, 1.807) is 24.3 Å². The molecule has 0 heterocycles. The van der Waals surface area contributed by atoms with Crippen LogP contribution >= 0.6 is 0 Å². The summed E-state index contributed by atoms with van der Waals surface area (Å²) in [6.45, 7) is 4.59. The summed E-state index contributed by atoms with van der Waals surface area (Å²) < 4.78 is 33.7. The number of hydrogen-bond donors (Lipinski definition) is 1. The predicted molar refractivity (Wildman–Crippen MR) is 110 cm³/mol. The minimum atomic E-state index is -3.61. The third-order valence-electron chi connectivity index (χ3n) is 4.51. The van der Waals surface area contributed by atoms with E-state index in [9.17, 15) is 8.42 Å². The maximum atomic E-state index is 12.7. The summed E-state index contributed by atoms with van der Waals surface area (Å²) in [4.78, 5) is 0.234. The lowest BCUT2D eigenvalue weighted by Gasteiger charge is -2.16. The van der Waals surface area contributed by atoms with E-state index in [2.05, 4.69) is 11.6 Å². The van der Waals surface area contributed by atoms with Crippen molar-refractivity contribution in [2.24, 2.45) is 0 Å². The molecule has 27 heavy (non-hydrogen) atoms. The molecule has 0 saturated heterocycles. The normalized spacial score (nSPS) is 12.8. The number of unbranched alkanes of at least 4 members (excludes halogenated alkanes) is 1. The van der Waals surface area contributed by atoms with Crippen LogP contribution in [0.1, 0.15) is 38.3 Å². The number of benzene rings is 3. The molecule has 3 aromatic rings. The highest BCUT2D eigenvalue weighted by atomic mass is 32.2. The van der Waals surface area contributed by atoms with Crippen molar-refractivity contribution in [2.45, 2.75) is 37.6 Å². The van der Waals surface area contributed by atoms with Gasteiger partial charge in [-0.1, -0.05) is 49.7 Å². The zero-order valence-electron chi connectivity index (χ0n) is 15.7. The zero-order chi connectivity index (χ0) is 19.3. The molecule has 0 radical (unpaired) electrons. The number of nitrogens with one attached hydrogen (secondary N) is 1. The molecule has 0 spiro atoms. The first kappa shape index (κ1) is 19.4. The van der Waals surface area contributed by atoms with Crippen molar-refractivity contribution in [3.05, 3.63) is 72.3 Å². The van der Waals surface area contributed by atoms with E-state index in [0.29, 0.717) is 12.4 Å². The van der Waals surface area contributed by atoms with E-state index in [1.165, 1.54) is 0 Å². The van der Waals surface area contributed by atoms with Gasteiger partial charge in [-0.25, -0.2) is 13.1 Å². The van der Waals surface area contributed by atoms with Crippen LogP contribution in [-0.2, 0) is 10.0 Å². The van der Waals surface area contributed by atoms with Gasteiger partial charge in [-0.3, -0.25) is 0 Å². The van der Waals surface area contributed by atoms with Crippen LogP contribution < -0.4 is 9.46 Å². The number of hydrogen-bond acceptors (Lipinski definition) is 3. The van der Waals surface area contributed by atoms with Crippen molar-refractivity contribution in [3.8, 4) is 5.75 Å². The SMILES string of the molecule is CCCCOc1ccc(S(=O)(=O)NC(C)c2ccc3ccccc3c2)cc1. The average molecular weight is 384 g/mol. The Morgan fingerprint density at radius 2 is 1.67 bits per heavy atom. The molecule has 0 aliphatic carbocycles. The summed E-state index contributed by atoms with van der Waals surface area (Å²) >= 11 is 0. The summed E-state index contributed by atoms with van der Waals surface area (Å²) in [6, 6.07) is 20.2.